The lowest BCUT2D eigenvalue weighted by molar-refractivity contribution is -0.116. The molecule has 2 heterocycles. The summed E-state index contributed by atoms with van der Waals surface area (Å²) >= 11 is 0. The molecule has 0 aliphatic rings. The van der Waals surface area contributed by atoms with Crippen LogP contribution in [0, 0.1) is 12.7 Å². The first-order valence-electron chi connectivity index (χ1n) is 8.08. The summed E-state index contributed by atoms with van der Waals surface area (Å²) in [6.07, 6.45) is 0.642. The van der Waals surface area contributed by atoms with Gasteiger partial charge in [0.2, 0.25) is 5.91 Å². The van der Waals surface area contributed by atoms with Crippen molar-refractivity contribution in [3.63, 3.8) is 0 Å². The van der Waals surface area contributed by atoms with Gasteiger partial charge in [-0.3, -0.25) is 9.59 Å². The maximum atomic E-state index is 13.0. The summed E-state index contributed by atoms with van der Waals surface area (Å²) in [4.78, 5) is 23.8. The fourth-order valence-corrected chi connectivity index (χ4v) is 2.40. The number of aryl methyl sites for hydroxylation is 2. The van der Waals surface area contributed by atoms with E-state index in [9.17, 15) is 14.0 Å². The maximum Gasteiger partial charge on any atom is 0.266 e. The van der Waals surface area contributed by atoms with Crippen LogP contribution in [0.2, 0.25) is 0 Å². The molecule has 3 rings (SSSR count). The van der Waals surface area contributed by atoms with Gasteiger partial charge in [0.25, 0.3) is 5.56 Å². The quantitative estimate of drug-likeness (QED) is 0.733. The topological polar surface area (TPSA) is 90.0 Å². The highest BCUT2D eigenvalue weighted by Crippen LogP contribution is 2.15. The van der Waals surface area contributed by atoms with E-state index in [4.69, 9.17) is 4.52 Å². The fourth-order valence-electron chi connectivity index (χ4n) is 2.40. The van der Waals surface area contributed by atoms with Crippen LogP contribution in [0.3, 0.4) is 0 Å². The zero-order chi connectivity index (χ0) is 18.5. The fraction of sp³-hybridized carbons (Fsp3) is 0.222. The summed E-state index contributed by atoms with van der Waals surface area (Å²) in [7, 11) is 0. The van der Waals surface area contributed by atoms with Crippen LogP contribution in [0.4, 0.5) is 10.2 Å². The Hall–Kier alpha value is -3.29. The predicted molar refractivity (Wildman–Crippen MR) is 93.0 cm³/mol. The summed E-state index contributed by atoms with van der Waals surface area (Å²) < 4.78 is 19.2. The van der Waals surface area contributed by atoms with E-state index in [1.165, 1.54) is 22.9 Å². The normalized spacial score (nSPS) is 10.7. The number of benzene rings is 1. The van der Waals surface area contributed by atoms with Crippen molar-refractivity contribution in [3.05, 3.63) is 64.4 Å². The number of halogens is 1. The molecule has 8 heteroatoms. The van der Waals surface area contributed by atoms with Gasteiger partial charge in [-0.1, -0.05) is 5.16 Å². The van der Waals surface area contributed by atoms with Crippen LogP contribution in [-0.4, -0.2) is 20.8 Å². The van der Waals surface area contributed by atoms with Gasteiger partial charge in [-0.05, 0) is 43.7 Å². The highest BCUT2D eigenvalue weighted by molar-refractivity contribution is 5.89. The molecule has 1 aromatic carbocycles. The number of amides is 1. The monoisotopic (exact) mass is 356 g/mol. The van der Waals surface area contributed by atoms with E-state index in [0.717, 1.165) is 0 Å². The van der Waals surface area contributed by atoms with E-state index in [2.05, 4.69) is 15.6 Å². The third-order valence-electron chi connectivity index (χ3n) is 3.68. The third-order valence-corrected chi connectivity index (χ3v) is 3.68. The van der Waals surface area contributed by atoms with E-state index in [0.29, 0.717) is 35.8 Å². The molecule has 0 unspecified atom stereocenters. The minimum atomic E-state index is -0.338. The zero-order valence-electron chi connectivity index (χ0n) is 14.1. The lowest BCUT2D eigenvalue weighted by Gasteiger charge is -2.07. The van der Waals surface area contributed by atoms with Gasteiger partial charge in [0.1, 0.15) is 11.6 Å². The smallest absolute Gasteiger partial charge is 0.266 e. The summed E-state index contributed by atoms with van der Waals surface area (Å²) in [5.41, 5.74) is 1.01. The van der Waals surface area contributed by atoms with Gasteiger partial charge in [0.15, 0.2) is 5.82 Å². The summed E-state index contributed by atoms with van der Waals surface area (Å²) in [6.45, 7) is 2.02. The number of carbonyl (C=O) groups excluding carboxylic acids is 1. The van der Waals surface area contributed by atoms with Crippen molar-refractivity contribution in [2.45, 2.75) is 26.3 Å². The molecule has 0 fully saturated rings. The Bertz CT molecular complexity index is 963. The van der Waals surface area contributed by atoms with Crippen LogP contribution >= 0.6 is 0 Å². The first-order valence-corrected chi connectivity index (χ1v) is 8.08. The molecular weight excluding hydrogens is 339 g/mol. The molecule has 0 saturated carbocycles. The molecule has 7 nitrogen and oxygen atoms in total. The Morgan fingerprint density at radius 2 is 2.00 bits per heavy atom. The number of aromatic nitrogens is 3. The molecule has 0 bridgehead atoms. The van der Waals surface area contributed by atoms with Gasteiger partial charge in [0, 0.05) is 30.7 Å². The van der Waals surface area contributed by atoms with Gasteiger partial charge in [-0.15, -0.1) is 0 Å². The average molecular weight is 356 g/mol. The second-order valence-electron chi connectivity index (χ2n) is 5.76. The van der Waals surface area contributed by atoms with Gasteiger partial charge >= 0.3 is 0 Å². The molecule has 0 saturated heterocycles. The van der Waals surface area contributed by atoms with Crippen LogP contribution in [0.15, 0.2) is 51.8 Å². The average Bonchev–Trinajstić information content (AvgIpc) is 3.02. The number of anilines is 1. The summed E-state index contributed by atoms with van der Waals surface area (Å²) in [5.74, 6) is 0.409. The molecule has 1 amide bonds. The highest BCUT2D eigenvalue weighted by atomic mass is 19.1. The number of nitrogens with zero attached hydrogens (tertiary/aromatic N) is 3. The molecule has 134 valence electrons. The number of carbonyl (C=O) groups is 1. The van der Waals surface area contributed by atoms with Crippen molar-refractivity contribution in [2.75, 3.05) is 5.32 Å². The first kappa shape index (κ1) is 17.5. The molecule has 1 N–H and O–H groups in total. The molecule has 3 aromatic rings. The molecule has 0 aliphatic carbocycles. The second kappa shape index (κ2) is 7.73. The Kier molecular flexibility index (Phi) is 5.21. The van der Waals surface area contributed by atoms with Crippen molar-refractivity contribution in [2.24, 2.45) is 0 Å². The van der Waals surface area contributed by atoms with Crippen molar-refractivity contribution in [3.8, 4) is 11.3 Å². The van der Waals surface area contributed by atoms with Crippen molar-refractivity contribution < 1.29 is 13.7 Å². The number of hydrogen-bond acceptors (Lipinski definition) is 5. The Morgan fingerprint density at radius 3 is 2.69 bits per heavy atom. The van der Waals surface area contributed by atoms with E-state index < -0.39 is 0 Å². The van der Waals surface area contributed by atoms with Crippen molar-refractivity contribution in [1.29, 1.82) is 0 Å². The Morgan fingerprint density at radius 1 is 1.23 bits per heavy atom. The SMILES string of the molecule is Cc1cc(NC(=O)CCCn2nc(-c3ccc(F)cc3)ccc2=O)no1. The van der Waals surface area contributed by atoms with Crippen LogP contribution in [0.25, 0.3) is 11.3 Å². The number of nitrogens with one attached hydrogen (secondary N) is 1. The predicted octanol–water partition coefficient (Wildman–Crippen LogP) is 2.76. The molecule has 0 aliphatic heterocycles. The second-order valence-corrected chi connectivity index (χ2v) is 5.76. The number of hydrogen-bond donors (Lipinski definition) is 1. The van der Waals surface area contributed by atoms with Crippen molar-refractivity contribution in [1.82, 2.24) is 14.9 Å². The van der Waals surface area contributed by atoms with E-state index in [1.807, 2.05) is 0 Å². The van der Waals surface area contributed by atoms with Crippen LogP contribution in [0.1, 0.15) is 18.6 Å². The molecule has 0 atom stereocenters. The Labute approximate surface area is 148 Å². The number of rotatable bonds is 6. The highest BCUT2D eigenvalue weighted by Gasteiger charge is 2.08. The van der Waals surface area contributed by atoms with Crippen molar-refractivity contribution >= 4 is 11.7 Å². The first-order chi connectivity index (χ1) is 12.5. The van der Waals surface area contributed by atoms with Gasteiger partial charge in [0.05, 0.1) is 5.69 Å². The van der Waals surface area contributed by atoms with Gasteiger partial charge in [-0.2, -0.15) is 5.10 Å². The van der Waals surface area contributed by atoms with Crippen LogP contribution in [-0.2, 0) is 11.3 Å². The largest absolute Gasteiger partial charge is 0.360 e. The van der Waals surface area contributed by atoms with Crippen LogP contribution < -0.4 is 10.9 Å². The van der Waals surface area contributed by atoms with E-state index in [1.54, 1.807) is 31.2 Å². The van der Waals surface area contributed by atoms with E-state index >= 15 is 0 Å². The maximum absolute atomic E-state index is 13.0. The molecule has 26 heavy (non-hydrogen) atoms. The molecule has 2 aromatic heterocycles. The molecule has 0 spiro atoms. The van der Waals surface area contributed by atoms with Gasteiger partial charge in [-0.25, -0.2) is 9.07 Å². The standard InChI is InChI=1S/C18H17FN4O3/c1-12-11-16(22-26-12)20-17(24)3-2-10-23-18(25)9-8-15(21-23)13-4-6-14(19)7-5-13/h4-9,11H,2-3,10H2,1H3,(H,20,22,24). The summed E-state index contributed by atoms with van der Waals surface area (Å²) in [5, 5.41) is 10.6. The van der Waals surface area contributed by atoms with Gasteiger partial charge < -0.3 is 9.84 Å². The molecule has 0 radical (unpaired) electrons. The van der Waals surface area contributed by atoms with Crippen LogP contribution in [0.5, 0.6) is 0 Å². The third kappa shape index (κ3) is 4.41. The molecular formula is C18H17FN4O3. The minimum absolute atomic E-state index is 0.209. The lowest BCUT2D eigenvalue weighted by Crippen LogP contribution is -2.23. The summed E-state index contributed by atoms with van der Waals surface area (Å²) in [6, 6.07) is 10.5. The lowest BCUT2D eigenvalue weighted by atomic mass is 10.1. The minimum Gasteiger partial charge on any atom is -0.360 e. The Balaban J connectivity index is 1.60. The van der Waals surface area contributed by atoms with E-state index in [-0.39, 0.29) is 23.7 Å². The zero-order valence-corrected chi connectivity index (χ0v) is 14.1.